The molecule has 0 bridgehead atoms. The second kappa shape index (κ2) is 9.04. The molecule has 154 valence electrons. The molecular weight excluding hydrogens is 400 g/mol. The molecule has 2 heterocycles. The highest BCUT2D eigenvalue weighted by Gasteiger charge is 2.35. The molecule has 0 aliphatic carbocycles. The molecule has 2 aromatic carbocycles. The van der Waals surface area contributed by atoms with E-state index in [1.54, 1.807) is 18.1 Å². The van der Waals surface area contributed by atoms with Crippen molar-refractivity contribution in [2.24, 2.45) is 5.92 Å². The smallest absolute Gasteiger partial charge is 0.231 e. The van der Waals surface area contributed by atoms with E-state index in [0.717, 1.165) is 23.5 Å². The first kappa shape index (κ1) is 20.0. The Morgan fingerprint density at radius 1 is 1.17 bits per heavy atom. The average Bonchev–Trinajstić information content (AvgIpc) is 3.39. The maximum atomic E-state index is 12.7. The monoisotopic (exact) mass is 422 g/mol. The highest BCUT2D eigenvalue weighted by molar-refractivity contribution is 7.15. The Bertz CT molecular complexity index is 1040. The number of nitrogens with one attached hydrogen (secondary N) is 1. The number of methoxy groups -OCH3 is 1. The third-order valence-electron chi connectivity index (χ3n) is 5.03. The van der Waals surface area contributed by atoms with Crippen LogP contribution in [-0.2, 0) is 22.4 Å². The van der Waals surface area contributed by atoms with Crippen molar-refractivity contribution in [1.29, 1.82) is 0 Å². The maximum absolute atomic E-state index is 12.7. The highest BCUT2D eigenvalue weighted by Crippen LogP contribution is 2.29. The van der Waals surface area contributed by atoms with Crippen LogP contribution in [0.1, 0.15) is 17.0 Å². The number of anilines is 2. The topological polar surface area (TPSA) is 84.4 Å². The molecule has 3 aromatic rings. The molecule has 7 nitrogen and oxygen atoms in total. The van der Waals surface area contributed by atoms with Crippen molar-refractivity contribution in [3.63, 3.8) is 0 Å². The minimum atomic E-state index is -0.430. The van der Waals surface area contributed by atoms with Crippen molar-refractivity contribution in [1.82, 2.24) is 10.2 Å². The van der Waals surface area contributed by atoms with Crippen molar-refractivity contribution >= 4 is 34.0 Å². The SMILES string of the molecule is COc1cccc(N2C[C@@H](C(=O)Nc3nnc(CCc4ccccc4)s3)CC2=O)c1. The van der Waals surface area contributed by atoms with Gasteiger partial charge in [0, 0.05) is 31.1 Å². The molecule has 1 atom stereocenters. The lowest BCUT2D eigenvalue weighted by atomic mass is 10.1. The predicted octanol–water partition coefficient (Wildman–Crippen LogP) is 3.32. The van der Waals surface area contributed by atoms with Gasteiger partial charge < -0.3 is 15.0 Å². The summed E-state index contributed by atoms with van der Waals surface area (Å²) in [4.78, 5) is 26.7. The third-order valence-corrected chi connectivity index (χ3v) is 5.93. The van der Waals surface area contributed by atoms with Gasteiger partial charge in [-0.15, -0.1) is 10.2 Å². The number of carbonyl (C=O) groups is 2. The van der Waals surface area contributed by atoms with Gasteiger partial charge in [-0.2, -0.15) is 0 Å². The van der Waals surface area contributed by atoms with Crippen LogP contribution in [0.2, 0.25) is 0 Å². The molecule has 0 spiro atoms. The minimum Gasteiger partial charge on any atom is -0.497 e. The number of benzene rings is 2. The van der Waals surface area contributed by atoms with E-state index in [-0.39, 0.29) is 18.2 Å². The number of amides is 2. The van der Waals surface area contributed by atoms with Crippen molar-refractivity contribution in [2.75, 3.05) is 23.9 Å². The summed E-state index contributed by atoms with van der Waals surface area (Å²) in [5.74, 6) is -0.0471. The Balaban J connectivity index is 1.34. The average molecular weight is 423 g/mol. The molecule has 8 heteroatoms. The summed E-state index contributed by atoms with van der Waals surface area (Å²) in [6.07, 6.45) is 1.81. The van der Waals surface area contributed by atoms with Crippen molar-refractivity contribution in [3.05, 3.63) is 65.2 Å². The lowest BCUT2D eigenvalue weighted by Crippen LogP contribution is -2.28. The Kier molecular flexibility index (Phi) is 6.04. The van der Waals surface area contributed by atoms with Gasteiger partial charge in [0.1, 0.15) is 10.8 Å². The summed E-state index contributed by atoms with van der Waals surface area (Å²) in [6.45, 7) is 0.331. The zero-order valence-electron chi connectivity index (χ0n) is 16.6. The Labute approximate surface area is 178 Å². The van der Waals surface area contributed by atoms with E-state index >= 15 is 0 Å². The maximum Gasteiger partial charge on any atom is 0.231 e. The van der Waals surface area contributed by atoms with Crippen LogP contribution in [0.25, 0.3) is 0 Å². The van der Waals surface area contributed by atoms with Gasteiger partial charge >= 0.3 is 0 Å². The van der Waals surface area contributed by atoms with Gasteiger partial charge in [-0.1, -0.05) is 47.7 Å². The molecule has 1 N–H and O–H groups in total. The Morgan fingerprint density at radius 3 is 2.80 bits per heavy atom. The number of aryl methyl sites for hydroxylation is 2. The van der Waals surface area contributed by atoms with Crippen LogP contribution in [0.4, 0.5) is 10.8 Å². The quantitative estimate of drug-likeness (QED) is 0.631. The predicted molar refractivity (Wildman–Crippen MR) is 116 cm³/mol. The number of carbonyl (C=O) groups excluding carboxylic acids is 2. The Morgan fingerprint density at radius 2 is 2.00 bits per heavy atom. The molecule has 2 amide bonds. The van der Waals surface area contributed by atoms with Crippen molar-refractivity contribution in [3.8, 4) is 5.75 Å². The molecule has 0 saturated carbocycles. The number of nitrogens with zero attached hydrogens (tertiary/aromatic N) is 3. The molecule has 1 fully saturated rings. The molecule has 1 aromatic heterocycles. The summed E-state index contributed by atoms with van der Waals surface area (Å²) >= 11 is 1.37. The molecule has 30 heavy (non-hydrogen) atoms. The molecule has 1 saturated heterocycles. The number of ether oxygens (including phenoxy) is 1. The van der Waals surface area contributed by atoms with Crippen LogP contribution >= 0.6 is 11.3 Å². The number of aromatic nitrogens is 2. The van der Waals surface area contributed by atoms with E-state index in [9.17, 15) is 9.59 Å². The third kappa shape index (κ3) is 4.65. The van der Waals surface area contributed by atoms with Crippen molar-refractivity contribution in [2.45, 2.75) is 19.3 Å². The van der Waals surface area contributed by atoms with E-state index in [1.807, 2.05) is 36.4 Å². The molecule has 1 aliphatic heterocycles. The Hall–Kier alpha value is -3.26. The highest BCUT2D eigenvalue weighted by atomic mass is 32.1. The minimum absolute atomic E-state index is 0.0794. The van der Waals surface area contributed by atoms with Crippen LogP contribution in [0.3, 0.4) is 0 Å². The fourth-order valence-corrected chi connectivity index (χ4v) is 4.16. The summed E-state index contributed by atoms with van der Waals surface area (Å²) < 4.78 is 5.22. The first-order valence-electron chi connectivity index (χ1n) is 9.74. The van der Waals surface area contributed by atoms with Gasteiger partial charge in [0.2, 0.25) is 16.9 Å². The second-order valence-electron chi connectivity index (χ2n) is 7.08. The normalized spacial score (nSPS) is 16.0. The number of rotatable bonds is 7. The van der Waals surface area contributed by atoms with Gasteiger partial charge in [-0.05, 0) is 24.1 Å². The van der Waals surface area contributed by atoms with Crippen LogP contribution in [0.5, 0.6) is 5.75 Å². The number of hydrogen-bond acceptors (Lipinski definition) is 6. The summed E-state index contributed by atoms with van der Waals surface area (Å²) in [5.41, 5.74) is 1.97. The lowest BCUT2D eigenvalue weighted by molar-refractivity contribution is -0.122. The van der Waals surface area contributed by atoms with Crippen LogP contribution in [0.15, 0.2) is 54.6 Å². The molecular formula is C22H22N4O3S. The van der Waals surface area contributed by atoms with E-state index < -0.39 is 5.92 Å². The number of hydrogen-bond donors (Lipinski definition) is 1. The van der Waals surface area contributed by atoms with Gasteiger partial charge in [0.05, 0.1) is 13.0 Å². The van der Waals surface area contributed by atoms with Gasteiger partial charge in [-0.25, -0.2) is 0 Å². The van der Waals surface area contributed by atoms with Crippen LogP contribution in [0, 0.1) is 5.92 Å². The summed E-state index contributed by atoms with van der Waals surface area (Å²) in [5, 5.41) is 12.4. The van der Waals surface area contributed by atoms with E-state index in [1.165, 1.54) is 16.9 Å². The summed E-state index contributed by atoms with van der Waals surface area (Å²) in [7, 11) is 1.58. The van der Waals surface area contributed by atoms with Crippen LogP contribution < -0.4 is 15.0 Å². The van der Waals surface area contributed by atoms with E-state index in [0.29, 0.717) is 17.4 Å². The van der Waals surface area contributed by atoms with Gasteiger partial charge in [0.15, 0.2) is 0 Å². The zero-order chi connectivity index (χ0) is 20.9. The van der Waals surface area contributed by atoms with Gasteiger partial charge in [-0.3, -0.25) is 9.59 Å². The van der Waals surface area contributed by atoms with E-state index in [4.69, 9.17) is 4.74 Å². The van der Waals surface area contributed by atoms with Gasteiger partial charge in [0.25, 0.3) is 0 Å². The second-order valence-corrected chi connectivity index (χ2v) is 8.14. The van der Waals surface area contributed by atoms with Crippen molar-refractivity contribution < 1.29 is 14.3 Å². The molecule has 4 rings (SSSR count). The first-order valence-corrected chi connectivity index (χ1v) is 10.6. The molecule has 1 aliphatic rings. The summed E-state index contributed by atoms with van der Waals surface area (Å²) in [6, 6.07) is 17.4. The molecule has 0 radical (unpaired) electrons. The fourth-order valence-electron chi connectivity index (χ4n) is 3.42. The standard InChI is InChI=1S/C22H22N4O3S/c1-29-18-9-5-8-17(13-18)26-14-16(12-20(26)27)21(28)23-22-25-24-19(30-22)11-10-15-6-3-2-4-7-15/h2-9,13,16H,10-12,14H2,1H3,(H,23,25,28)/t16-/m0/s1. The first-order chi connectivity index (χ1) is 14.6. The zero-order valence-corrected chi connectivity index (χ0v) is 17.4. The fraction of sp³-hybridized carbons (Fsp3) is 0.273. The lowest BCUT2D eigenvalue weighted by Gasteiger charge is -2.17. The largest absolute Gasteiger partial charge is 0.497 e. The van der Waals surface area contributed by atoms with E-state index in [2.05, 4.69) is 27.6 Å². The van der Waals surface area contributed by atoms with Crippen LogP contribution in [-0.4, -0.2) is 35.7 Å². The molecule has 0 unspecified atom stereocenters.